The second-order valence-electron chi connectivity index (χ2n) is 2.08. The van der Waals surface area contributed by atoms with E-state index < -0.39 is 0 Å². The molecule has 0 aliphatic carbocycles. The van der Waals surface area contributed by atoms with Gasteiger partial charge in [-0.3, -0.25) is 5.43 Å². The summed E-state index contributed by atoms with van der Waals surface area (Å²) in [6.45, 7) is 2.13. The topological polar surface area (TPSA) is 39.7 Å². The lowest BCUT2D eigenvalue weighted by atomic mass is 10.3. The van der Waals surface area contributed by atoms with Gasteiger partial charge in [0.15, 0.2) is 0 Å². The van der Waals surface area contributed by atoms with E-state index in [0.29, 0.717) is 0 Å². The molecule has 0 spiro atoms. The van der Waals surface area contributed by atoms with Crippen LogP contribution >= 0.6 is 0 Å². The highest BCUT2D eigenvalue weighted by molar-refractivity contribution is 5.82. The van der Waals surface area contributed by atoms with Crippen molar-refractivity contribution in [2.24, 2.45) is 5.10 Å². The molecule has 2 N–H and O–H groups in total. The van der Waals surface area contributed by atoms with Gasteiger partial charge in [-0.1, -0.05) is 6.92 Å². The van der Waals surface area contributed by atoms with Gasteiger partial charge < -0.3 is 0 Å². The summed E-state index contributed by atoms with van der Waals surface area (Å²) in [6.07, 6.45) is 2.14. The third-order valence-corrected chi connectivity index (χ3v) is 1.12. The zero-order chi connectivity index (χ0) is 6.69. The molecule has 0 saturated heterocycles. The summed E-state index contributed by atoms with van der Waals surface area (Å²) in [5.41, 5.74) is 5.79. The molecule has 0 saturated carbocycles. The molecule has 4 heteroatoms. The Labute approximate surface area is 54.9 Å². The van der Waals surface area contributed by atoms with Gasteiger partial charge in [-0.25, -0.2) is 5.53 Å². The van der Waals surface area contributed by atoms with E-state index in [9.17, 15) is 0 Å². The van der Waals surface area contributed by atoms with Crippen LogP contribution < -0.4 is 11.0 Å². The average Bonchev–Trinajstić information content (AvgIpc) is 2.17. The summed E-state index contributed by atoms with van der Waals surface area (Å²) in [6, 6.07) is 0. The standard InChI is InChI=1S/C5H12N4/c1-3-4-5-6-8-9(2)7-5/h8H,3-4H2,1-2H3,(H,6,7). The smallest absolute Gasteiger partial charge is 0.139 e. The van der Waals surface area contributed by atoms with E-state index in [-0.39, 0.29) is 0 Å². The Balaban J connectivity index is 2.27. The van der Waals surface area contributed by atoms with Gasteiger partial charge >= 0.3 is 0 Å². The summed E-state index contributed by atoms with van der Waals surface area (Å²) in [7, 11) is 1.88. The number of hydrazone groups is 1. The maximum absolute atomic E-state index is 3.99. The maximum Gasteiger partial charge on any atom is 0.139 e. The fourth-order valence-electron chi connectivity index (χ4n) is 0.728. The molecule has 0 amide bonds. The molecule has 0 atom stereocenters. The van der Waals surface area contributed by atoms with Crippen molar-refractivity contribution in [2.75, 3.05) is 7.05 Å². The van der Waals surface area contributed by atoms with Crippen molar-refractivity contribution in [1.29, 1.82) is 0 Å². The second-order valence-corrected chi connectivity index (χ2v) is 2.08. The molecule has 0 fully saturated rings. The van der Waals surface area contributed by atoms with Gasteiger partial charge in [-0.15, -0.1) is 10.2 Å². The van der Waals surface area contributed by atoms with E-state index in [1.165, 1.54) is 0 Å². The lowest BCUT2D eigenvalue weighted by Gasteiger charge is -2.06. The summed E-state index contributed by atoms with van der Waals surface area (Å²) in [4.78, 5) is 0. The first kappa shape index (κ1) is 6.35. The first-order valence-corrected chi connectivity index (χ1v) is 3.15. The number of hydrazine groups is 2. The second kappa shape index (κ2) is 2.68. The molecule has 9 heavy (non-hydrogen) atoms. The van der Waals surface area contributed by atoms with Crippen LogP contribution in [0.2, 0.25) is 0 Å². The van der Waals surface area contributed by atoms with Gasteiger partial charge in [-0.2, -0.15) is 0 Å². The van der Waals surface area contributed by atoms with Gasteiger partial charge in [-0.05, 0) is 6.42 Å². The molecular formula is C5H12N4. The fraction of sp³-hybridized carbons (Fsp3) is 0.800. The highest BCUT2D eigenvalue weighted by Gasteiger charge is 2.06. The van der Waals surface area contributed by atoms with Crippen LogP contribution in [-0.2, 0) is 0 Å². The van der Waals surface area contributed by atoms with Gasteiger partial charge in [0.25, 0.3) is 0 Å². The predicted octanol–water partition coefficient (Wildman–Crippen LogP) is 0.0546. The number of hydrogen-bond donors (Lipinski definition) is 2. The SMILES string of the molecule is CCCC1=NNN(C)N1. The van der Waals surface area contributed by atoms with Gasteiger partial charge in [0.05, 0.1) is 0 Å². The highest BCUT2D eigenvalue weighted by Crippen LogP contribution is 1.92. The number of nitrogens with zero attached hydrogens (tertiary/aromatic N) is 2. The minimum Gasteiger partial charge on any atom is -0.286 e. The Morgan fingerprint density at radius 3 is 2.89 bits per heavy atom. The lowest BCUT2D eigenvalue weighted by Crippen LogP contribution is -2.37. The normalized spacial score (nSPS) is 18.7. The average molecular weight is 128 g/mol. The third kappa shape index (κ3) is 1.57. The Hall–Kier alpha value is -0.770. The van der Waals surface area contributed by atoms with Crippen molar-refractivity contribution in [3.05, 3.63) is 0 Å². The van der Waals surface area contributed by atoms with E-state index in [2.05, 4.69) is 23.0 Å². The highest BCUT2D eigenvalue weighted by atomic mass is 15.9. The van der Waals surface area contributed by atoms with Crippen molar-refractivity contribution in [3.8, 4) is 0 Å². The zero-order valence-corrected chi connectivity index (χ0v) is 5.81. The van der Waals surface area contributed by atoms with Gasteiger partial charge in [0.1, 0.15) is 5.84 Å². The van der Waals surface area contributed by atoms with Crippen molar-refractivity contribution in [2.45, 2.75) is 19.8 Å². The van der Waals surface area contributed by atoms with E-state index in [1.807, 2.05) is 7.05 Å². The van der Waals surface area contributed by atoms with Crippen LogP contribution in [0, 0.1) is 0 Å². The monoisotopic (exact) mass is 128 g/mol. The zero-order valence-electron chi connectivity index (χ0n) is 5.81. The third-order valence-electron chi connectivity index (χ3n) is 1.12. The van der Waals surface area contributed by atoms with Gasteiger partial charge in [0, 0.05) is 13.5 Å². The number of nitrogens with one attached hydrogen (secondary N) is 2. The van der Waals surface area contributed by atoms with Crippen LogP contribution in [0.25, 0.3) is 0 Å². The van der Waals surface area contributed by atoms with Crippen LogP contribution in [0.5, 0.6) is 0 Å². The van der Waals surface area contributed by atoms with Crippen molar-refractivity contribution in [1.82, 2.24) is 16.1 Å². The molecular weight excluding hydrogens is 116 g/mol. The number of amidine groups is 1. The first-order chi connectivity index (χ1) is 4.33. The van der Waals surface area contributed by atoms with E-state index in [0.717, 1.165) is 18.7 Å². The quantitative estimate of drug-likeness (QED) is 0.552. The van der Waals surface area contributed by atoms with Gasteiger partial charge in [0.2, 0.25) is 0 Å². The number of hydrogen-bond acceptors (Lipinski definition) is 4. The Morgan fingerprint density at radius 1 is 1.67 bits per heavy atom. The molecule has 1 heterocycles. The first-order valence-electron chi connectivity index (χ1n) is 3.15. The largest absolute Gasteiger partial charge is 0.286 e. The summed E-state index contributed by atoms with van der Waals surface area (Å²) >= 11 is 0. The molecule has 52 valence electrons. The fourth-order valence-corrected chi connectivity index (χ4v) is 0.728. The molecule has 4 nitrogen and oxygen atoms in total. The molecule has 1 aliphatic heterocycles. The minimum atomic E-state index is 1.01. The Bertz CT molecular complexity index is 120. The van der Waals surface area contributed by atoms with E-state index >= 15 is 0 Å². The molecule has 0 aromatic rings. The molecule has 1 rings (SSSR count). The van der Waals surface area contributed by atoms with Crippen LogP contribution in [0.4, 0.5) is 0 Å². The summed E-state index contributed by atoms with van der Waals surface area (Å²) in [5, 5.41) is 5.72. The molecule has 0 aromatic heterocycles. The molecule has 0 bridgehead atoms. The Kier molecular flexibility index (Phi) is 1.89. The van der Waals surface area contributed by atoms with E-state index in [4.69, 9.17) is 0 Å². The summed E-state index contributed by atoms with van der Waals surface area (Å²) < 4.78 is 0. The van der Waals surface area contributed by atoms with E-state index in [1.54, 1.807) is 5.12 Å². The maximum atomic E-state index is 3.99. The van der Waals surface area contributed by atoms with Crippen molar-refractivity contribution >= 4 is 5.84 Å². The minimum absolute atomic E-state index is 1.01. The van der Waals surface area contributed by atoms with Crippen molar-refractivity contribution in [3.63, 3.8) is 0 Å². The molecule has 1 aliphatic rings. The number of rotatable bonds is 2. The van der Waals surface area contributed by atoms with Crippen LogP contribution in [0.3, 0.4) is 0 Å². The molecule has 0 aromatic carbocycles. The predicted molar refractivity (Wildman–Crippen MR) is 36.4 cm³/mol. The molecule has 0 unspecified atom stereocenters. The molecule has 0 radical (unpaired) electrons. The van der Waals surface area contributed by atoms with Crippen LogP contribution in [-0.4, -0.2) is 18.0 Å². The van der Waals surface area contributed by atoms with Crippen molar-refractivity contribution < 1.29 is 0 Å². The lowest BCUT2D eigenvalue weighted by molar-refractivity contribution is 0.231. The van der Waals surface area contributed by atoms with Crippen LogP contribution in [0.1, 0.15) is 19.8 Å². The van der Waals surface area contributed by atoms with Crippen LogP contribution in [0.15, 0.2) is 5.10 Å². The summed E-state index contributed by atoms with van der Waals surface area (Å²) in [5.74, 6) is 1.01. The Morgan fingerprint density at radius 2 is 2.44 bits per heavy atom.